The quantitative estimate of drug-likeness (QED) is 0.571. The zero-order valence-electron chi connectivity index (χ0n) is 16.7. The van der Waals surface area contributed by atoms with Crippen LogP contribution < -0.4 is 0 Å². The third kappa shape index (κ3) is 3.52. The van der Waals surface area contributed by atoms with Crippen molar-refractivity contribution in [1.29, 1.82) is 0 Å². The monoisotopic (exact) mass is 418 g/mol. The van der Waals surface area contributed by atoms with E-state index < -0.39 is 17.1 Å². The van der Waals surface area contributed by atoms with Crippen molar-refractivity contribution in [2.45, 2.75) is 58.2 Å². The van der Waals surface area contributed by atoms with Crippen molar-refractivity contribution in [3.05, 3.63) is 57.6 Å². The lowest BCUT2D eigenvalue weighted by Crippen LogP contribution is -2.58. The summed E-state index contributed by atoms with van der Waals surface area (Å²) in [5.41, 5.74) is 1.21. The molecule has 0 amide bonds. The smallest absolute Gasteiger partial charge is 0.179 e. The summed E-state index contributed by atoms with van der Waals surface area (Å²) in [4.78, 5) is 26.2. The van der Waals surface area contributed by atoms with Crippen molar-refractivity contribution in [2.24, 2.45) is 0 Å². The molecule has 5 heteroatoms. The van der Waals surface area contributed by atoms with E-state index in [1.807, 2.05) is 25.1 Å². The van der Waals surface area contributed by atoms with Crippen molar-refractivity contribution in [1.82, 2.24) is 0 Å². The highest BCUT2D eigenvalue weighted by atomic mass is 35.5. The molecular formula is C23H24Cl2O3. The molecule has 0 spiro atoms. The van der Waals surface area contributed by atoms with Crippen LogP contribution in [0.4, 0.5) is 0 Å². The number of carbonyl (C=O) groups excluding carboxylic acids is 2. The van der Waals surface area contributed by atoms with E-state index in [-0.39, 0.29) is 11.6 Å². The molecule has 148 valence electrons. The average molecular weight is 419 g/mol. The Kier molecular flexibility index (Phi) is 5.48. The van der Waals surface area contributed by atoms with Crippen LogP contribution in [0.1, 0.15) is 51.7 Å². The number of hydrogen-bond donors (Lipinski definition) is 0. The fourth-order valence-corrected chi connectivity index (χ4v) is 4.57. The Morgan fingerprint density at radius 1 is 0.929 bits per heavy atom. The fourth-order valence-electron chi connectivity index (χ4n) is 3.96. The number of carbonyl (C=O) groups is 2. The number of benzene rings is 2. The van der Waals surface area contributed by atoms with Crippen LogP contribution in [-0.4, -0.2) is 22.8 Å². The molecule has 3 rings (SSSR count). The molecule has 0 aromatic heterocycles. The van der Waals surface area contributed by atoms with Gasteiger partial charge in [0.1, 0.15) is 17.1 Å². The van der Waals surface area contributed by atoms with E-state index in [1.54, 1.807) is 45.9 Å². The summed E-state index contributed by atoms with van der Waals surface area (Å²) in [5.74, 6) is -1.27. The van der Waals surface area contributed by atoms with Crippen LogP contribution in [0.25, 0.3) is 11.1 Å². The average Bonchev–Trinajstić information content (AvgIpc) is 2.60. The second kappa shape index (κ2) is 7.29. The zero-order chi connectivity index (χ0) is 20.9. The van der Waals surface area contributed by atoms with Gasteiger partial charge in [-0.15, -0.1) is 0 Å². The minimum absolute atomic E-state index is 0.213. The topological polar surface area (TPSA) is 43.4 Å². The van der Waals surface area contributed by atoms with Crippen LogP contribution >= 0.6 is 23.2 Å². The van der Waals surface area contributed by atoms with Crippen LogP contribution in [-0.2, 0) is 20.7 Å². The number of rotatable bonds is 3. The molecule has 3 nitrogen and oxygen atoms in total. The predicted molar refractivity (Wildman–Crippen MR) is 113 cm³/mol. The normalized spacial score (nSPS) is 19.1. The van der Waals surface area contributed by atoms with E-state index in [0.29, 0.717) is 16.5 Å². The first-order valence-electron chi connectivity index (χ1n) is 9.35. The van der Waals surface area contributed by atoms with E-state index in [2.05, 4.69) is 0 Å². The molecule has 1 fully saturated rings. The second-order valence-electron chi connectivity index (χ2n) is 8.15. The number of hydrogen-bond acceptors (Lipinski definition) is 3. The Morgan fingerprint density at radius 3 is 1.96 bits per heavy atom. The van der Waals surface area contributed by atoms with Gasteiger partial charge in [-0.3, -0.25) is 9.59 Å². The predicted octanol–water partition coefficient (Wildman–Crippen LogP) is 6.03. The summed E-state index contributed by atoms with van der Waals surface area (Å²) in [7, 11) is 0. The molecule has 28 heavy (non-hydrogen) atoms. The molecule has 0 radical (unpaired) electrons. The van der Waals surface area contributed by atoms with Crippen molar-refractivity contribution in [3.63, 3.8) is 0 Å². The Hall–Kier alpha value is -1.68. The summed E-state index contributed by atoms with van der Waals surface area (Å²) < 4.78 is 5.80. The van der Waals surface area contributed by atoms with Crippen molar-refractivity contribution >= 4 is 34.8 Å². The summed E-state index contributed by atoms with van der Waals surface area (Å²) in [6.45, 7) is 8.89. The van der Waals surface area contributed by atoms with Crippen molar-refractivity contribution in [3.8, 4) is 11.1 Å². The fraction of sp³-hybridized carbons (Fsp3) is 0.391. The summed E-state index contributed by atoms with van der Waals surface area (Å²) in [6, 6.07) is 11.1. The van der Waals surface area contributed by atoms with Gasteiger partial charge in [0.2, 0.25) is 0 Å². The summed E-state index contributed by atoms with van der Waals surface area (Å²) in [6.07, 6.45) is 0.671. The maximum absolute atomic E-state index is 13.1. The lowest BCUT2D eigenvalue weighted by Gasteiger charge is -2.43. The summed E-state index contributed by atoms with van der Waals surface area (Å²) >= 11 is 12.7. The molecule has 0 unspecified atom stereocenters. The molecule has 0 atom stereocenters. The van der Waals surface area contributed by atoms with Crippen molar-refractivity contribution in [2.75, 3.05) is 0 Å². The maximum atomic E-state index is 13.1. The molecule has 0 bridgehead atoms. The van der Waals surface area contributed by atoms with Gasteiger partial charge in [-0.05, 0) is 62.9 Å². The SMILES string of the molecule is CCc1cc(-c2c(Cl)cccc2Cl)ccc1C1C(=O)C(C)(C)OC(C)(C)C1=O. The molecule has 1 saturated heterocycles. The van der Waals surface area contributed by atoms with Gasteiger partial charge >= 0.3 is 0 Å². The first kappa shape index (κ1) is 21.0. The zero-order valence-corrected chi connectivity index (χ0v) is 18.2. The van der Waals surface area contributed by atoms with Gasteiger partial charge in [0, 0.05) is 15.6 Å². The van der Waals surface area contributed by atoms with E-state index in [9.17, 15) is 9.59 Å². The minimum atomic E-state index is -1.03. The lowest BCUT2D eigenvalue weighted by atomic mass is 9.73. The van der Waals surface area contributed by atoms with E-state index >= 15 is 0 Å². The van der Waals surface area contributed by atoms with Gasteiger partial charge in [0.05, 0.1) is 0 Å². The molecule has 0 aliphatic carbocycles. The Morgan fingerprint density at radius 2 is 1.46 bits per heavy atom. The third-order valence-corrected chi connectivity index (χ3v) is 5.94. The number of Topliss-reactive ketones (excluding diaryl/α,β-unsaturated/α-hetero) is 2. The van der Waals surface area contributed by atoms with Crippen LogP contribution in [0, 0.1) is 0 Å². The minimum Gasteiger partial charge on any atom is -0.354 e. The first-order chi connectivity index (χ1) is 13.0. The van der Waals surface area contributed by atoms with Gasteiger partial charge in [0.15, 0.2) is 11.6 Å². The molecule has 1 heterocycles. The molecule has 1 aliphatic rings. The molecule has 0 N–H and O–H groups in total. The second-order valence-corrected chi connectivity index (χ2v) is 8.96. The third-order valence-electron chi connectivity index (χ3n) is 5.31. The van der Waals surface area contributed by atoms with Gasteiger partial charge in [0.25, 0.3) is 0 Å². The molecule has 2 aromatic rings. The molecule has 0 saturated carbocycles. The first-order valence-corrected chi connectivity index (χ1v) is 10.1. The number of aryl methyl sites for hydroxylation is 1. The van der Waals surface area contributed by atoms with Crippen LogP contribution in [0.2, 0.25) is 10.0 Å². The van der Waals surface area contributed by atoms with Gasteiger partial charge in [-0.1, -0.05) is 54.4 Å². The number of ketones is 2. The highest BCUT2D eigenvalue weighted by Gasteiger charge is 2.53. The highest BCUT2D eigenvalue weighted by molar-refractivity contribution is 6.39. The highest BCUT2D eigenvalue weighted by Crippen LogP contribution is 2.41. The van der Waals surface area contributed by atoms with Gasteiger partial charge in [-0.2, -0.15) is 0 Å². The van der Waals surface area contributed by atoms with Crippen LogP contribution in [0.15, 0.2) is 36.4 Å². The summed E-state index contributed by atoms with van der Waals surface area (Å²) in [5, 5.41) is 1.12. The number of halogens is 2. The molecule has 2 aromatic carbocycles. The Labute approximate surface area is 176 Å². The van der Waals surface area contributed by atoms with E-state index in [4.69, 9.17) is 27.9 Å². The van der Waals surface area contributed by atoms with E-state index in [0.717, 1.165) is 22.3 Å². The Bertz CT molecular complexity index is 914. The number of ether oxygens (including phenoxy) is 1. The van der Waals surface area contributed by atoms with Gasteiger partial charge in [-0.25, -0.2) is 0 Å². The maximum Gasteiger partial charge on any atom is 0.179 e. The lowest BCUT2D eigenvalue weighted by molar-refractivity contribution is -0.184. The molecule has 1 aliphatic heterocycles. The van der Waals surface area contributed by atoms with Gasteiger partial charge < -0.3 is 4.74 Å². The van der Waals surface area contributed by atoms with Crippen LogP contribution in [0.3, 0.4) is 0 Å². The van der Waals surface area contributed by atoms with Crippen LogP contribution in [0.5, 0.6) is 0 Å². The van der Waals surface area contributed by atoms with E-state index in [1.165, 1.54) is 0 Å². The van der Waals surface area contributed by atoms with Crippen molar-refractivity contribution < 1.29 is 14.3 Å². The largest absolute Gasteiger partial charge is 0.354 e. The molecular weight excluding hydrogens is 395 g/mol. The Balaban J connectivity index is 2.15. The standard InChI is InChI=1S/C23H24Cl2O3/c1-6-13-12-14(18-16(24)8-7-9-17(18)25)10-11-15(13)19-20(26)22(2,3)28-23(4,5)21(19)27/h7-12,19H,6H2,1-5H3.